The Morgan fingerprint density at radius 1 is 1.18 bits per heavy atom. The number of nitro benzene ring substituents is 1. The Morgan fingerprint density at radius 3 is 2.54 bits per heavy atom. The number of carbonyl (C=O) groups is 2. The zero-order valence-corrected chi connectivity index (χ0v) is 16.2. The first-order valence-corrected chi connectivity index (χ1v) is 8.87. The summed E-state index contributed by atoms with van der Waals surface area (Å²) in [6.45, 7) is 2.18. The Kier molecular flexibility index (Phi) is 7.53. The summed E-state index contributed by atoms with van der Waals surface area (Å²) in [5.41, 5.74) is -0.484. The number of ether oxygens (including phenoxy) is 1. The van der Waals surface area contributed by atoms with Crippen molar-refractivity contribution in [1.82, 2.24) is 10.3 Å². The fourth-order valence-corrected chi connectivity index (χ4v) is 2.63. The molecule has 9 nitrogen and oxygen atoms in total. The number of nitrogens with zero attached hydrogens (tertiary/aromatic N) is 2. The minimum absolute atomic E-state index is 0.0279. The fraction of sp³-hybridized carbons (Fsp3) is 0.235. The highest BCUT2D eigenvalue weighted by Gasteiger charge is 2.18. The number of pyridine rings is 1. The molecule has 0 atom stereocenters. The van der Waals surface area contributed by atoms with Gasteiger partial charge in [0.15, 0.2) is 0 Å². The van der Waals surface area contributed by atoms with Crippen LogP contribution in [0.4, 0.5) is 11.5 Å². The van der Waals surface area contributed by atoms with Crippen LogP contribution in [-0.2, 0) is 4.74 Å². The number of carbonyl (C=O) groups excluding carboxylic acids is 2. The smallest absolute Gasteiger partial charge is 0.338 e. The minimum Gasteiger partial charge on any atom is -0.462 e. The van der Waals surface area contributed by atoms with Crippen molar-refractivity contribution in [2.45, 2.75) is 6.92 Å². The maximum absolute atomic E-state index is 12.3. The summed E-state index contributed by atoms with van der Waals surface area (Å²) < 4.78 is 4.83. The average Bonchev–Trinajstić information content (AvgIpc) is 2.66. The number of halogens is 2. The zero-order valence-electron chi connectivity index (χ0n) is 14.7. The summed E-state index contributed by atoms with van der Waals surface area (Å²) >= 11 is 11.7. The van der Waals surface area contributed by atoms with Gasteiger partial charge in [-0.15, -0.1) is 0 Å². The van der Waals surface area contributed by atoms with Crippen molar-refractivity contribution in [3.05, 3.63) is 61.7 Å². The molecule has 0 bridgehead atoms. The molecule has 2 aromatic rings. The van der Waals surface area contributed by atoms with Crippen LogP contribution in [0.1, 0.15) is 27.6 Å². The topological polar surface area (TPSA) is 123 Å². The molecule has 0 saturated carbocycles. The summed E-state index contributed by atoms with van der Waals surface area (Å²) in [7, 11) is 0. The van der Waals surface area contributed by atoms with Gasteiger partial charge in [0.25, 0.3) is 11.6 Å². The normalized spacial score (nSPS) is 10.2. The molecule has 1 aromatic carbocycles. The van der Waals surface area contributed by atoms with Crippen LogP contribution in [0.2, 0.25) is 10.0 Å². The molecule has 0 radical (unpaired) electrons. The van der Waals surface area contributed by atoms with Crippen LogP contribution in [0.3, 0.4) is 0 Å². The highest BCUT2D eigenvalue weighted by Crippen LogP contribution is 2.22. The van der Waals surface area contributed by atoms with Gasteiger partial charge in [-0.05, 0) is 19.1 Å². The number of hydrogen-bond donors (Lipinski definition) is 2. The first kappa shape index (κ1) is 21.4. The molecule has 0 aliphatic heterocycles. The Morgan fingerprint density at radius 2 is 1.89 bits per heavy atom. The van der Waals surface area contributed by atoms with Gasteiger partial charge in [-0.1, -0.05) is 23.2 Å². The van der Waals surface area contributed by atoms with Crippen LogP contribution in [0.15, 0.2) is 30.5 Å². The highest BCUT2D eigenvalue weighted by molar-refractivity contribution is 6.35. The third kappa shape index (κ3) is 5.80. The lowest BCUT2D eigenvalue weighted by Crippen LogP contribution is -2.29. The predicted molar refractivity (Wildman–Crippen MR) is 104 cm³/mol. The van der Waals surface area contributed by atoms with Crippen molar-refractivity contribution in [3.63, 3.8) is 0 Å². The standard InChI is InChI=1S/C17H16Cl2N4O5/c1-2-28-17(25)11-5-10(6-13(7-11)23(26)27)16(24)21-4-3-20-15-14(19)8-12(18)9-22-15/h5-9H,2-4H2,1H3,(H,20,22)(H,21,24). The van der Waals surface area contributed by atoms with Crippen molar-refractivity contribution >= 4 is 46.6 Å². The quantitative estimate of drug-likeness (QED) is 0.287. The highest BCUT2D eigenvalue weighted by atomic mass is 35.5. The number of anilines is 1. The molecule has 148 valence electrons. The maximum atomic E-state index is 12.3. The lowest BCUT2D eigenvalue weighted by molar-refractivity contribution is -0.384. The SMILES string of the molecule is CCOC(=O)c1cc(C(=O)NCCNc2ncc(Cl)cc2Cl)cc([N+](=O)[O-])c1. The number of esters is 1. The fourth-order valence-electron chi connectivity index (χ4n) is 2.18. The lowest BCUT2D eigenvalue weighted by Gasteiger charge is -2.09. The number of non-ortho nitro benzene ring substituents is 1. The van der Waals surface area contributed by atoms with E-state index in [9.17, 15) is 19.7 Å². The molecule has 1 amide bonds. The van der Waals surface area contributed by atoms with Gasteiger partial charge in [0, 0.05) is 37.0 Å². The van der Waals surface area contributed by atoms with Gasteiger partial charge >= 0.3 is 5.97 Å². The van der Waals surface area contributed by atoms with Gasteiger partial charge in [-0.3, -0.25) is 14.9 Å². The van der Waals surface area contributed by atoms with Gasteiger partial charge in [-0.25, -0.2) is 9.78 Å². The largest absolute Gasteiger partial charge is 0.462 e. The van der Waals surface area contributed by atoms with Gasteiger partial charge in [0.1, 0.15) is 5.82 Å². The van der Waals surface area contributed by atoms with E-state index >= 15 is 0 Å². The summed E-state index contributed by atoms with van der Waals surface area (Å²) in [6, 6.07) is 4.91. The maximum Gasteiger partial charge on any atom is 0.338 e. The van der Waals surface area contributed by atoms with E-state index in [4.69, 9.17) is 27.9 Å². The molecular formula is C17H16Cl2N4O5. The van der Waals surface area contributed by atoms with Crippen LogP contribution < -0.4 is 10.6 Å². The third-order valence-corrected chi connectivity index (χ3v) is 3.91. The van der Waals surface area contributed by atoms with E-state index < -0.39 is 16.8 Å². The number of amides is 1. The summed E-state index contributed by atoms with van der Waals surface area (Å²) in [5.74, 6) is -0.920. The molecule has 0 aliphatic carbocycles. The molecule has 0 spiro atoms. The van der Waals surface area contributed by atoms with E-state index in [1.165, 1.54) is 18.3 Å². The van der Waals surface area contributed by atoms with Crippen LogP contribution in [0.25, 0.3) is 0 Å². The summed E-state index contributed by atoms with van der Waals surface area (Å²) in [6.07, 6.45) is 1.42. The molecule has 1 aromatic heterocycles. The van der Waals surface area contributed by atoms with E-state index in [1.807, 2.05) is 0 Å². The number of benzene rings is 1. The van der Waals surface area contributed by atoms with Crippen molar-refractivity contribution in [2.75, 3.05) is 25.0 Å². The first-order valence-electron chi connectivity index (χ1n) is 8.11. The molecule has 0 fully saturated rings. The van der Waals surface area contributed by atoms with Gasteiger partial charge in [0.05, 0.1) is 27.1 Å². The second-order valence-electron chi connectivity index (χ2n) is 5.41. The van der Waals surface area contributed by atoms with Crippen molar-refractivity contribution in [1.29, 1.82) is 0 Å². The molecule has 0 unspecified atom stereocenters. The van der Waals surface area contributed by atoms with Crippen molar-refractivity contribution in [2.24, 2.45) is 0 Å². The van der Waals surface area contributed by atoms with Crippen LogP contribution in [0, 0.1) is 10.1 Å². The molecule has 2 rings (SSSR count). The van der Waals surface area contributed by atoms with E-state index in [2.05, 4.69) is 15.6 Å². The summed E-state index contributed by atoms with van der Waals surface area (Å²) in [4.78, 5) is 38.6. The molecule has 11 heteroatoms. The number of hydrogen-bond acceptors (Lipinski definition) is 7. The molecule has 1 heterocycles. The van der Waals surface area contributed by atoms with E-state index in [0.29, 0.717) is 22.4 Å². The van der Waals surface area contributed by atoms with Crippen molar-refractivity contribution < 1.29 is 19.2 Å². The molecule has 0 saturated heterocycles. The molecule has 0 aliphatic rings. The molecular weight excluding hydrogens is 411 g/mol. The number of nitrogens with one attached hydrogen (secondary N) is 2. The summed E-state index contributed by atoms with van der Waals surface area (Å²) in [5, 5.41) is 17.3. The Bertz CT molecular complexity index is 907. The predicted octanol–water partition coefficient (Wildman–Crippen LogP) is 3.32. The average molecular weight is 427 g/mol. The Labute approximate surface area is 170 Å². The van der Waals surface area contributed by atoms with E-state index in [1.54, 1.807) is 6.92 Å². The van der Waals surface area contributed by atoms with E-state index in [-0.39, 0.29) is 30.0 Å². The monoisotopic (exact) mass is 426 g/mol. The molecule has 2 N–H and O–H groups in total. The van der Waals surface area contributed by atoms with Crippen LogP contribution >= 0.6 is 23.2 Å². The van der Waals surface area contributed by atoms with Gasteiger partial charge < -0.3 is 15.4 Å². The second kappa shape index (κ2) is 9.86. The Balaban J connectivity index is 2.02. The minimum atomic E-state index is -0.745. The van der Waals surface area contributed by atoms with Gasteiger partial charge in [-0.2, -0.15) is 0 Å². The number of rotatable bonds is 8. The number of aromatic nitrogens is 1. The second-order valence-corrected chi connectivity index (χ2v) is 6.26. The lowest BCUT2D eigenvalue weighted by atomic mass is 10.1. The van der Waals surface area contributed by atoms with E-state index in [0.717, 1.165) is 12.1 Å². The first-order chi connectivity index (χ1) is 13.3. The Hall–Kier alpha value is -2.91. The van der Waals surface area contributed by atoms with Gasteiger partial charge in [0.2, 0.25) is 0 Å². The number of nitro groups is 1. The van der Waals surface area contributed by atoms with Crippen LogP contribution in [0.5, 0.6) is 0 Å². The third-order valence-electron chi connectivity index (χ3n) is 3.41. The van der Waals surface area contributed by atoms with Crippen LogP contribution in [-0.4, -0.2) is 41.5 Å². The zero-order chi connectivity index (χ0) is 20.7. The van der Waals surface area contributed by atoms with Crippen molar-refractivity contribution in [3.8, 4) is 0 Å². The molecule has 28 heavy (non-hydrogen) atoms.